The predicted molar refractivity (Wildman–Crippen MR) is 63.4 cm³/mol. The van der Waals surface area contributed by atoms with Crippen molar-refractivity contribution < 1.29 is 9.18 Å². The van der Waals surface area contributed by atoms with Crippen molar-refractivity contribution in [3.63, 3.8) is 0 Å². The van der Waals surface area contributed by atoms with Gasteiger partial charge >= 0.3 is 0 Å². The van der Waals surface area contributed by atoms with Crippen molar-refractivity contribution in [2.45, 2.75) is 6.42 Å². The molecule has 0 aliphatic carbocycles. The summed E-state index contributed by atoms with van der Waals surface area (Å²) in [5.41, 5.74) is 1.12. The third kappa shape index (κ3) is 3.13. The number of nitrogens with one attached hydrogen (secondary N) is 1. The van der Waals surface area contributed by atoms with Crippen LogP contribution in [-0.2, 0) is 13.5 Å². The minimum absolute atomic E-state index is 0.0844. The summed E-state index contributed by atoms with van der Waals surface area (Å²) in [5.74, 6) is -1.03. The number of aryl methyl sites for hydroxylation is 1. The lowest BCUT2D eigenvalue weighted by molar-refractivity contribution is 0.0948. The molecular weight excluding hydrogens is 235 g/mol. The maximum absolute atomic E-state index is 12.8. The normalized spacial score (nSPS) is 10.3. The lowest BCUT2D eigenvalue weighted by Crippen LogP contribution is -2.26. The molecule has 0 aliphatic rings. The van der Waals surface area contributed by atoms with E-state index in [1.54, 1.807) is 10.9 Å². The zero-order valence-electron chi connectivity index (χ0n) is 9.93. The highest BCUT2D eigenvalue weighted by atomic mass is 19.1. The van der Waals surface area contributed by atoms with E-state index in [9.17, 15) is 9.18 Å². The smallest absolute Gasteiger partial charge is 0.270 e. The highest BCUT2D eigenvalue weighted by molar-refractivity contribution is 5.92. The SMILES string of the molecule is Cn1cc(CCNC(=O)c2cccc(F)n2)cn1. The molecule has 0 aliphatic heterocycles. The number of hydrogen-bond donors (Lipinski definition) is 1. The van der Waals surface area contributed by atoms with Crippen molar-refractivity contribution in [2.24, 2.45) is 7.05 Å². The van der Waals surface area contributed by atoms with E-state index >= 15 is 0 Å². The second-order valence-corrected chi connectivity index (χ2v) is 3.87. The summed E-state index contributed by atoms with van der Waals surface area (Å²) >= 11 is 0. The molecule has 94 valence electrons. The summed E-state index contributed by atoms with van der Waals surface area (Å²) in [7, 11) is 1.83. The van der Waals surface area contributed by atoms with Crippen LogP contribution in [0.1, 0.15) is 16.1 Å². The molecular formula is C12H13FN4O. The number of carbonyl (C=O) groups is 1. The highest BCUT2D eigenvalue weighted by Crippen LogP contribution is 1.99. The zero-order valence-corrected chi connectivity index (χ0v) is 9.93. The van der Waals surface area contributed by atoms with Gasteiger partial charge in [-0.1, -0.05) is 6.07 Å². The maximum Gasteiger partial charge on any atom is 0.270 e. The maximum atomic E-state index is 12.8. The van der Waals surface area contributed by atoms with Gasteiger partial charge in [0.25, 0.3) is 5.91 Å². The van der Waals surface area contributed by atoms with Gasteiger partial charge in [0.15, 0.2) is 0 Å². The van der Waals surface area contributed by atoms with E-state index in [-0.39, 0.29) is 11.6 Å². The second kappa shape index (κ2) is 5.39. The van der Waals surface area contributed by atoms with Gasteiger partial charge in [0.1, 0.15) is 5.69 Å². The molecule has 0 bridgehead atoms. The van der Waals surface area contributed by atoms with E-state index in [4.69, 9.17) is 0 Å². The number of pyridine rings is 1. The number of carbonyl (C=O) groups excluding carboxylic acids is 1. The molecule has 2 aromatic heterocycles. The minimum Gasteiger partial charge on any atom is -0.350 e. The third-order valence-corrected chi connectivity index (χ3v) is 2.41. The van der Waals surface area contributed by atoms with Crippen LogP contribution in [0.15, 0.2) is 30.6 Å². The van der Waals surface area contributed by atoms with E-state index in [1.807, 2.05) is 13.2 Å². The summed E-state index contributed by atoms with van der Waals surface area (Å²) in [6, 6.07) is 4.13. The first-order chi connectivity index (χ1) is 8.65. The van der Waals surface area contributed by atoms with Gasteiger partial charge < -0.3 is 5.32 Å². The first kappa shape index (κ1) is 12.2. The highest BCUT2D eigenvalue weighted by Gasteiger charge is 2.07. The lowest BCUT2D eigenvalue weighted by atomic mass is 10.2. The van der Waals surface area contributed by atoms with E-state index in [2.05, 4.69) is 15.4 Å². The zero-order chi connectivity index (χ0) is 13.0. The monoisotopic (exact) mass is 248 g/mol. The molecule has 18 heavy (non-hydrogen) atoms. The Balaban J connectivity index is 1.85. The van der Waals surface area contributed by atoms with Crippen LogP contribution < -0.4 is 5.32 Å². The summed E-state index contributed by atoms with van der Waals surface area (Å²) in [6.45, 7) is 0.461. The van der Waals surface area contributed by atoms with Gasteiger partial charge in [0, 0.05) is 19.8 Å². The van der Waals surface area contributed by atoms with Crippen LogP contribution >= 0.6 is 0 Å². The van der Waals surface area contributed by atoms with E-state index in [0.29, 0.717) is 13.0 Å². The van der Waals surface area contributed by atoms with Gasteiger partial charge in [-0.25, -0.2) is 4.98 Å². The Hall–Kier alpha value is -2.24. The van der Waals surface area contributed by atoms with Gasteiger partial charge in [-0.3, -0.25) is 9.48 Å². The summed E-state index contributed by atoms with van der Waals surface area (Å²) in [6.07, 6.45) is 4.30. The molecule has 0 atom stereocenters. The Morgan fingerprint density at radius 3 is 3.00 bits per heavy atom. The number of rotatable bonds is 4. The van der Waals surface area contributed by atoms with Crippen LogP contribution in [0.3, 0.4) is 0 Å². The van der Waals surface area contributed by atoms with Crippen LogP contribution in [0.5, 0.6) is 0 Å². The fourth-order valence-corrected chi connectivity index (χ4v) is 1.55. The molecule has 0 unspecified atom stereocenters. The Kier molecular flexibility index (Phi) is 3.66. The number of hydrogen-bond acceptors (Lipinski definition) is 3. The number of amides is 1. The van der Waals surface area contributed by atoms with E-state index < -0.39 is 5.95 Å². The fourth-order valence-electron chi connectivity index (χ4n) is 1.55. The predicted octanol–water partition coefficient (Wildman–Crippen LogP) is 0.927. The molecule has 0 radical (unpaired) electrons. The Bertz CT molecular complexity index is 553. The van der Waals surface area contributed by atoms with E-state index in [1.165, 1.54) is 18.2 Å². The van der Waals surface area contributed by atoms with Crippen molar-refractivity contribution in [3.8, 4) is 0 Å². The molecule has 2 aromatic rings. The number of aromatic nitrogens is 3. The Morgan fingerprint density at radius 1 is 1.50 bits per heavy atom. The molecule has 0 aromatic carbocycles. The van der Waals surface area contributed by atoms with Gasteiger partial charge in [-0.05, 0) is 24.1 Å². The Morgan fingerprint density at radius 2 is 2.33 bits per heavy atom. The number of nitrogens with zero attached hydrogens (tertiary/aromatic N) is 3. The van der Waals surface area contributed by atoms with Crippen LogP contribution in [0, 0.1) is 5.95 Å². The summed E-state index contributed by atoms with van der Waals surface area (Å²) in [5, 5.41) is 6.70. The second-order valence-electron chi connectivity index (χ2n) is 3.87. The van der Waals surface area contributed by atoms with Crippen LogP contribution in [0.25, 0.3) is 0 Å². The van der Waals surface area contributed by atoms with Crippen molar-refractivity contribution in [1.29, 1.82) is 0 Å². The molecule has 0 fully saturated rings. The number of halogens is 1. The molecule has 5 nitrogen and oxygen atoms in total. The Labute approximate surface area is 104 Å². The van der Waals surface area contributed by atoms with Crippen LogP contribution in [0.4, 0.5) is 4.39 Å². The van der Waals surface area contributed by atoms with Gasteiger partial charge in [0.05, 0.1) is 6.20 Å². The summed E-state index contributed by atoms with van der Waals surface area (Å²) < 4.78 is 14.5. The molecule has 2 rings (SSSR count). The van der Waals surface area contributed by atoms with Gasteiger partial charge in [-0.15, -0.1) is 0 Å². The molecule has 2 heterocycles. The minimum atomic E-state index is -0.657. The van der Waals surface area contributed by atoms with Crippen molar-refractivity contribution in [2.75, 3.05) is 6.54 Å². The van der Waals surface area contributed by atoms with Gasteiger partial charge in [-0.2, -0.15) is 9.49 Å². The van der Waals surface area contributed by atoms with E-state index in [0.717, 1.165) is 5.56 Å². The molecule has 1 amide bonds. The molecule has 0 saturated heterocycles. The molecule has 0 saturated carbocycles. The van der Waals surface area contributed by atoms with Crippen LogP contribution in [0.2, 0.25) is 0 Å². The fraction of sp³-hybridized carbons (Fsp3) is 0.250. The molecule has 0 spiro atoms. The molecule has 6 heteroatoms. The third-order valence-electron chi connectivity index (χ3n) is 2.41. The van der Waals surface area contributed by atoms with Gasteiger partial charge in [0.2, 0.25) is 5.95 Å². The quantitative estimate of drug-likeness (QED) is 0.819. The van der Waals surface area contributed by atoms with Crippen molar-refractivity contribution in [3.05, 3.63) is 47.8 Å². The first-order valence-electron chi connectivity index (χ1n) is 5.53. The largest absolute Gasteiger partial charge is 0.350 e. The first-order valence-corrected chi connectivity index (χ1v) is 5.53. The standard InChI is InChI=1S/C12H13FN4O/c1-17-8-9(7-15-17)5-6-14-12(18)10-3-2-4-11(13)16-10/h2-4,7-8H,5-6H2,1H3,(H,14,18). The van der Waals surface area contributed by atoms with Crippen molar-refractivity contribution in [1.82, 2.24) is 20.1 Å². The lowest BCUT2D eigenvalue weighted by Gasteiger charge is -2.03. The van der Waals surface area contributed by atoms with Crippen molar-refractivity contribution >= 4 is 5.91 Å². The summed E-state index contributed by atoms with van der Waals surface area (Å²) in [4.78, 5) is 15.1. The average molecular weight is 248 g/mol. The topological polar surface area (TPSA) is 59.8 Å². The molecule has 1 N–H and O–H groups in total. The van der Waals surface area contributed by atoms with Crippen LogP contribution in [-0.4, -0.2) is 27.2 Å². The average Bonchev–Trinajstić information content (AvgIpc) is 2.75.